The summed E-state index contributed by atoms with van der Waals surface area (Å²) in [6.07, 6.45) is 0.553. The third-order valence-corrected chi connectivity index (χ3v) is 1.78. The molecule has 0 aliphatic rings. The van der Waals surface area contributed by atoms with E-state index in [0.717, 1.165) is 0 Å². The predicted octanol–water partition coefficient (Wildman–Crippen LogP) is -0.560. The van der Waals surface area contributed by atoms with Crippen molar-refractivity contribution in [2.24, 2.45) is 0 Å². The highest BCUT2D eigenvalue weighted by Gasteiger charge is 2.13. The molecule has 0 aliphatic heterocycles. The lowest BCUT2D eigenvalue weighted by Crippen LogP contribution is -2.37. The summed E-state index contributed by atoms with van der Waals surface area (Å²) in [7, 11) is 0. The molecule has 1 rings (SSSR count). The minimum atomic E-state index is -0.487. The third kappa shape index (κ3) is 4.18. The number of aliphatic hydroxyl groups excluding tert-OH is 2. The lowest BCUT2D eigenvalue weighted by Gasteiger charge is -2.25. The van der Waals surface area contributed by atoms with Crippen molar-refractivity contribution >= 4 is 5.82 Å². The highest BCUT2D eigenvalue weighted by molar-refractivity contribution is 5.35. The molecule has 1 aromatic rings. The number of aliphatic hydroxyl groups is 2. The Morgan fingerprint density at radius 2 is 1.87 bits per heavy atom. The fourth-order valence-corrected chi connectivity index (χ4v) is 1.30. The maximum absolute atomic E-state index is 9.31. The van der Waals surface area contributed by atoms with Gasteiger partial charge in [0.2, 0.25) is 0 Å². The first-order valence-corrected chi connectivity index (χ1v) is 4.85. The van der Waals surface area contributed by atoms with Gasteiger partial charge in [-0.3, -0.25) is 0 Å². The molecule has 15 heavy (non-hydrogen) atoms. The molecule has 6 nitrogen and oxygen atoms in total. The van der Waals surface area contributed by atoms with Crippen LogP contribution in [0.25, 0.3) is 0 Å². The highest BCUT2D eigenvalue weighted by atomic mass is 16.3. The molecule has 0 fully saturated rings. The van der Waals surface area contributed by atoms with Crippen LogP contribution >= 0.6 is 0 Å². The molecule has 6 heteroatoms. The monoisotopic (exact) mass is 212 g/mol. The highest BCUT2D eigenvalue weighted by Crippen LogP contribution is 2.08. The van der Waals surface area contributed by atoms with Crippen LogP contribution in [0, 0.1) is 0 Å². The zero-order valence-electron chi connectivity index (χ0n) is 8.91. The average molecular weight is 212 g/mol. The van der Waals surface area contributed by atoms with Crippen molar-refractivity contribution in [3.63, 3.8) is 0 Å². The average Bonchev–Trinajstić information content (AvgIpc) is 2.17. The molecule has 0 saturated heterocycles. The van der Waals surface area contributed by atoms with E-state index in [9.17, 15) is 10.2 Å². The van der Waals surface area contributed by atoms with Crippen LogP contribution in [0.5, 0.6) is 0 Å². The Morgan fingerprint density at radius 3 is 2.27 bits per heavy atom. The second-order valence-electron chi connectivity index (χ2n) is 3.58. The molecule has 0 bridgehead atoms. The quantitative estimate of drug-likeness (QED) is 0.681. The first-order chi connectivity index (χ1) is 7.09. The van der Waals surface area contributed by atoms with Crippen LogP contribution < -0.4 is 4.90 Å². The van der Waals surface area contributed by atoms with Crippen molar-refractivity contribution in [1.82, 2.24) is 15.4 Å². The van der Waals surface area contributed by atoms with Crippen molar-refractivity contribution in [2.75, 3.05) is 18.0 Å². The van der Waals surface area contributed by atoms with Crippen LogP contribution in [0.15, 0.2) is 12.3 Å². The Labute approximate surface area is 88.6 Å². The van der Waals surface area contributed by atoms with Gasteiger partial charge in [0.1, 0.15) is 0 Å². The van der Waals surface area contributed by atoms with Gasteiger partial charge in [0.25, 0.3) is 0 Å². The molecule has 1 heterocycles. The number of hydrogen-bond donors (Lipinski definition) is 2. The molecule has 84 valence electrons. The van der Waals surface area contributed by atoms with Crippen molar-refractivity contribution in [3.05, 3.63) is 12.3 Å². The Bertz CT molecular complexity index is 269. The molecule has 0 saturated carbocycles. The van der Waals surface area contributed by atoms with Gasteiger partial charge in [-0.15, -0.1) is 10.2 Å². The summed E-state index contributed by atoms with van der Waals surface area (Å²) in [6, 6.07) is 1.69. The number of hydrogen-bond acceptors (Lipinski definition) is 6. The van der Waals surface area contributed by atoms with E-state index in [1.807, 2.05) is 0 Å². The SMILES string of the molecule is CC(O)CN(CC(C)O)c1ccnnn1. The van der Waals surface area contributed by atoms with E-state index in [0.29, 0.717) is 18.9 Å². The fourth-order valence-electron chi connectivity index (χ4n) is 1.30. The largest absolute Gasteiger partial charge is 0.392 e. The van der Waals surface area contributed by atoms with E-state index in [1.54, 1.807) is 24.8 Å². The fraction of sp³-hybridized carbons (Fsp3) is 0.667. The van der Waals surface area contributed by atoms with Gasteiger partial charge in [0.05, 0.1) is 18.4 Å². The summed E-state index contributed by atoms with van der Waals surface area (Å²) in [5.74, 6) is 0.604. The van der Waals surface area contributed by atoms with Gasteiger partial charge in [-0.25, -0.2) is 0 Å². The Morgan fingerprint density at radius 1 is 1.27 bits per heavy atom. The van der Waals surface area contributed by atoms with Crippen molar-refractivity contribution in [1.29, 1.82) is 0 Å². The molecule has 0 aliphatic carbocycles. The number of rotatable bonds is 5. The van der Waals surface area contributed by atoms with Crippen molar-refractivity contribution in [3.8, 4) is 0 Å². The van der Waals surface area contributed by atoms with Crippen LogP contribution in [-0.4, -0.2) is 50.9 Å². The Kier molecular flexibility index (Phi) is 4.38. The van der Waals surface area contributed by atoms with Crippen LogP contribution in [-0.2, 0) is 0 Å². The summed E-state index contributed by atoms with van der Waals surface area (Å²) in [5, 5.41) is 29.5. The molecule has 0 aromatic carbocycles. The van der Waals surface area contributed by atoms with E-state index in [-0.39, 0.29) is 0 Å². The minimum absolute atomic E-state index is 0.406. The molecule has 2 unspecified atom stereocenters. The smallest absolute Gasteiger partial charge is 0.154 e. The minimum Gasteiger partial charge on any atom is -0.392 e. The molecular formula is C9H16N4O2. The number of nitrogens with zero attached hydrogens (tertiary/aromatic N) is 4. The Balaban J connectivity index is 2.72. The predicted molar refractivity (Wildman–Crippen MR) is 55.4 cm³/mol. The third-order valence-electron chi connectivity index (χ3n) is 1.78. The number of anilines is 1. The van der Waals surface area contributed by atoms with Gasteiger partial charge in [-0.2, -0.15) is 0 Å². The molecule has 2 atom stereocenters. The standard InChI is InChI=1S/C9H16N4O2/c1-7(14)5-13(6-8(2)15)9-3-4-10-12-11-9/h3-4,7-8,14-15H,5-6H2,1-2H3. The van der Waals surface area contributed by atoms with E-state index < -0.39 is 12.2 Å². The second kappa shape index (κ2) is 5.57. The zero-order chi connectivity index (χ0) is 11.3. The van der Waals surface area contributed by atoms with Crippen molar-refractivity contribution < 1.29 is 10.2 Å². The van der Waals surface area contributed by atoms with Gasteiger partial charge in [-0.05, 0) is 19.1 Å². The normalized spacial score (nSPS) is 14.7. The van der Waals surface area contributed by atoms with Crippen LogP contribution in [0.2, 0.25) is 0 Å². The molecular weight excluding hydrogens is 196 g/mol. The summed E-state index contributed by atoms with van der Waals surface area (Å²) < 4.78 is 0. The van der Waals surface area contributed by atoms with Gasteiger partial charge in [0.15, 0.2) is 5.82 Å². The second-order valence-corrected chi connectivity index (χ2v) is 3.58. The topological polar surface area (TPSA) is 82.4 Å². The molecule has 0 spiro atoms. The van der Waals surface area contributed by atoms with Crippen LogP contribution in [0.4, 0.5) is 5.82 Å². The molecule has 0 radical (unpaired) electrons. The van der Waals surface area contributed by atoms with Gasteiger partial charge < -0.3 is 15.1 Å². The van der Waals surface area contributed by atoms with E-state index in [4.69, 9.17) is 0 Å². The van der Waals surface area contributed by atoms with Gasteiger partial charge in [-0.1, -0.05) is 0 Å². The van der Waals surface area contributed by atoms with Gasteiger partial charge in [0, 0.05) is 19.2 Å². The Hall–Kier alpha value is -1.27. The molecule has 0 amide bonds. The van der Waals surface area contributed by atoms with Crippen molar-refractivity contribution in [2.45, 2.75) is 26.1 Å². The maximum atomic E-state index is 9.31. The van der Waals surface area contributed by atoms with E-state index in [1.165, 1.54) is 6.20 Å². The van der Waals surface area contributed by atoms with Crippen LogP contribution in [0.1, 0.15) is 13.8 Å². The lowest BCUT2D eigenvalue weighted by molar-refractivity contribution is 0.177. The number of aromatic nitrogens is 3. The van der Waals surface area contributed by atoms with Crippen LogP contribution in [0.3, 0.4) is 0 Å². The van der Waals surface area contributed by atoms with Gasteiger partial charge >= 0.3 is 0 Å². The summed E-state index contributed by atoms with van der Waals surface area (Å²) in [4.78, 5) is 1.77. The lowest BCUT2D eigenvalue weighted by atomic mass is 10.3. The summed E-state index contributed by atoms with van der Waals surface area (Å²) in [5.41, 5.74) is 0. The van der Waals surface area contributed by atoms with E-state index in [2.05, 4.69) is 15.4 Å². The first kappa shape index (κ1) is 11.8. The zero-order valence-corrected chi connectivity index (χ0v) is 8.91. The summed E-state index contributed by atoms with van der Waals surface area (Å²) in [6.45, 7) is 4.18. The summed E-state index contributed by atoms with van der Waals surface area (Å²) >= 11 is 0. The molecule has 1 aromatic heterocycles. The van der Waals surface area contributed by atoms with E-state index >= 15 is 0 Å². The molecule has 2 N–H and O–H groups in total. The maximum Gasteiger partial charge on any atom is 0.154 e. The first-order valence-electron chi connectivity index (χ1n) is 4.85.